The Morgan fingerprint density at radius 2 is 1.91 bits per heavy atom. The fraction of sp³-hybridized carbons (Fsp3) is 0.571. The minimum Gasteiger partial charge on any atom is -0.316 e. The molecule has 1 aromatic carbocycles. The molecular formula is C14H23N3O4S2. The summed E-state index contributed by atoms with van der Waals surface area (Å²) in [4.78, 5) is -0.0738. The van der Waals surface area contributed by atoms with Gasteiger partial charge in [0.05, 0.1) is 9.79 Å². The Bertz CT molecular complexity index is 739. The molecule has 1 heterocycles. The second kappa shape index (κ2) is 7.27. The van der Waals surface area contributed by atoms with Crippen LogP contribution in [0.1, 0.15) is 12.8 Å². The van der Waals surface area contributed by atoms with Gasteiger partial charge >= 0.3 is 0 Å². The summed E-state index contributed by atoms with van der Waals surface area (Å²) in [5, 5.41) is 3.24. The molecule has 2 N–H and O–H groups in total. The van der Waals surface area contributed by atoms with Crippen LogP contribution in [0.5, 0.6) is 0 Å². The lowest BCUT2D eigenvalue weighted by atomic mass is 10.1. The van der Waals surface area contributed by atoms with Gasteiger partial charge in [-0.05, 0) is 50.0 Å². The summed E-state index contributed by atoms with van der Waals surface area (Å²) in [6.45, 7) is 2.24. The molecule has 1 aliphatic heterocycles. The van der Waals surface area contributed by atoms with Crippen molar-refractivity contribution in [2.75, 3.05) is 33.7 Å². The van der Waals surface area contributed by atoms with Crippen molar-refractivity contribution in [3.05, 3.63) is 24.3 Å². The molecule has 0 aromatic heterocycles. The van der Waals surface area contributed by atoms with Crippen LogP contribution in [0.3, 0.4) is 0 Å². The summed E-state index contributed by atoms with van der Waals surface area (Å²) in [6, 6.07) is 5.41. The van der Waals surface area contributed by atoms with Gasteiger partial charge in [0, 0.05) is 20.6 Å². The molecule has 1 aromatic rings. The van der Waals surface area contributed by atoms with Crippen LogP contribution < -0.4 is 10.0 Å². The quantitative estimate of drug-likeness (QED) is 0.724. The van der Waals surface area contributed by atoms with Crippen LogP contribution in [0.4, 0.5) is 0 Å². The summed E-state index contributed by atoms with van der Waals surface area (Å²) in [5.74, 6) is 0.484. The molecule has 130 valence electrons. The molecule has 2 rings (SSSR count). The number of benzene rings is 1. The molecule has 1 saturated heterocycles. The zero-order chi connectivity index (χ0) is 17.1. The van der Waals surface area contributed by atoms with E-state index in [4.69, 9.17) is 0 Å². The number of sulfonamides is 2. The maximum atomic E-state index is 12.3. The third-order valence-electron chi connectivity index (χ3n) is 3.90. The fourth-order valence-electron chi connectivity index (χ4n) is 2.45. The van der Waals surface area contributed by atoms with Gasteiger partial charge in [0.1, 0.15) is 0 Å². The van der Waals surface area contributed by atoms with Gasteiger partial charge in [0.15, 0.2) is 0 Å². The molecule has 7 nitrogen and oxygen atoms in total. The van der Waals surface area contributed by atoms with Gasteiger partial charge in [-0.2, -0.15) is 0 Å². The van der Waals surface area contributed by atoms with Gasteiger partial charge in [0.25, 0.3) is 0 Å². The van der Waals surface area contributed by atoms with E-state index >= 15 is 0 Å². The van der Waals surface area contributed by atoms with Crippen molar-refractivity contribution >= 4 is 20.0 Å². The summed E-state index contributed by atoms with van der Waals surface area (Å²) in [6.07, 6.45) is 1.82. The molecule has 0 bridgehead atoms. The predicted octanol–water partition coefficient (Wildman–Crippen LogP) is 0.215. The maximum absolute atomic E-state index is 12.3. The Hall–Kier alpha value is -1.00. The van der Waals surface area contributed by atoms with Crippen LogP contribution in [0, 0.1) is 5.92 Å². The first-order valence-electron chi connectivity index (χ1n) is 7.46. The van der Waals surface area contributed by atoms with Crippen molar-refractivity contribution in [1.82, 2.24) is 14.3 Å². The van der Waals surface area contributed by atoms with E-state index in [0.29, 0.717) is 12.5 Å². The standard InChI is InChI=1S/C14H23N3O4S2/c1-17(2)23(20,21)14-5-3-4-13(10-14)22(18,19)16-9-7-12-6-8-15-11-12/h3-5,10,12,15-16H,6-9,11H2,1-2H3. The van der Waals surface area contributed by atoms with E-state index in [9.17, 15) is 16.8 Å². The first-order valence-corrected chi connectivity index (χ1v) is 10.4. The van der Waals surface area contributed by atoms with Crippen LogP contribution in [-0.2, 0) is 20.0 Å². The lowest BCUT2D eigenvalue weighted by Crippen LogP contribution is -2.27. The van der Waals surface area contributed by atoms with Gasteiger partial charge in [-0.25, -0.2) is 25.9 Å². The minimum atomic E-state index is -3.71. The lowest BCUT2D eigenvalue weighted by Gasteiger charge is -2.13. The third-order valence-corrected chi connectivity index (χ3v) is 7.17. The third kappa shape index (κ3) is 4.51. The summed E-state index contributed by atoms with van der Waals surface area (Å²) < 4.78 is 52.4. The largest absolute Gasteiger partial charge is 0.316 e. The van der Waals surface area contributed by atoms with Crippen molar-refractivity contribution in [3.63, 3.8) is 0 Å². The second-order valence-electron chi connectivity index (χ2n) is 5.81. The molecule has 0 radical (unpaired) electrons. The van der Waals surface area contributed by atoms with Crippen molar-refractivity contribution in [3.8, 4) is 0 Å². The lowest BCUT2D eigenvalue weighted by molar-refractivity contribution is 0.518. The van der Waals surface area contributed by atoms with Crippen LogP contribution in [-0.4, -0.2) is 54.9 Å². The van der Waals surface area contributed by atoms with E-state index in [2.05, 4.69) is 10.0 Å². The van der Waals surface area contributed by atoms with E-state index in [1.165, 1.54) is 38.4 Å². The van der Waals surface area contributed by atoms with Crippen LogP contribution >= 0.6 is 0 Å². The highest BCUT2D eigenvalue weighted by atomic mass is 32.2. The molecule has 0 amide bonds. The van der Waals surface area contributed by atoms with Crippen LogP contribution in [0.25, 0.3) is 0 Å². The number of rotatable bonds is 7. The molecule has 1 atom stereocenters. The van der Waals surface area contributed by atoms with Crippen molar-refractivity contribution in [2.24, 2.45) is 5.92 Å². The molecule has 1 fully saturated rings. The molecular weight excluding hydrogens is 338 g/mol. The highest BCUT2D eigenvalue weighted by Crippen LogP contribution is 2.18. The summed E-state index contributed by atoms with van der Waals surface area (Å²) in [7, 11) is -4.56. The zero-order valence-corrected chi connectivity index (χ0v) is 15.0. The average molecular weight is 361 g/mol. The monoisotopic (exact) mass is 361 g/mol. The second-order valence-corrected chi connectivity index (χ2v) is 9.73. The molecule has 0 aliphatic carbocycles. The smallest absolute Gasteiger partial charge is 0.242 e. The van der Waals surface area contributed by atoms with Crippen molar-refractivity contribution in [2.45, 2.75) is 22.6 Å². The predicted molar refractivity (Wildman–Crippen MR) is 88.1 cm³/mol. The molecule has 1 aliphatic rings. The van der Waals surface area contributed by atoms with Gasteiger partial charge in [0.2, 0.25) is 20.0 Å². The zero-order valence-electron chi connectivity index (χ0n) is 13.3. The number of nitrogens with zero attached hydrogens (tertiary/aromatic N) is 1. The van der Waals surface area contributed by atoms with E-state index in [1.54, 1.807) is 0 Å². The minimum absolute atomic E-state index is 0.0367. The Morgan fingerprint density at radius 1 is 1.22 bits per heavy atom. The molecule has 9 heteroatoms. The highest BCUT2D eigenvalue weighted by molar-refractivity contribution is 7.90. The SMILES string of the molecule is CN(C)S(=O)(=O)c1cccc(S(=O)(=O)NCCC2CCNC2)c1. The fourth-order valence-corrected chi connectivity index (χ4v) is 4.57. The molecule has 23 heavy (non-hydrogen) atoms. The Labute approximate surface area is 138 Å². The first-order chi connectivity index (χ1) is 10.7. The van der Waals surface area contributed by atoms with Gasteiger partial charge in [-0.3, -0.25) is 0 Å². The van der Waals surface area contributed by atoms with E-state index in [-0.39, 0.29) is 9.79 Å². The van der Waals surface area contributed by atoms with Crippen LogP contribution in [0.2, 0.25) is 0 Å². The maximum Gasteiger partial charge on any atom is 0.242 e. The van der Waals surface area contributed by atoms with Crippen molar-refractivity contribution < 1.29 is 16.8 Å². The Balaban J connectivity index is 2.10. The molecule has 0 spiro atoms. The van der Waals surface area contributed by atoms with E-state index in [1.807, 2.05) is 0 Å². The first kappa shape index (κ1) is 18.3. The Morgan fingerprint density at radius 3 is 2.52 bits per heavy atom. The van der Waals surface area contributed by atoms with E-state index < -0.39 is 20.0 Å². The van der Waals surface area contributed by atoms with E-state index in [0.717, 1.165) is 30.2 Å². The average Bonchev–Trinajstić information content (AvgIpc) is 3.00. The van der Waals surface area contributed by atoms with Crippen molar-refractivity contribution in [1.29, 1.82) is 0 Å². The van der Waals surface area contributed by atoms with Crippen LogP contribution in [0.15, 0.2) is 34.1 Å². The summed E-state index contributed by atoms with van der Waals surface area (Å²) in [5.41, 5.74) is 0. The topological polar surface area (TPSA) is 95.6 Å². The Kier molecular flexibility index (Phi) is 5.79. The normalized spacial score (nSPS) is 19.3. The summed E-state index contributed by atoms with van der Waals surface area (Å²) >= 11 is 0. The number of nitrogens with one attached hydrogen (secondary N) is 2. The number of hydrogen-bond acceptors (Lipinski definition) is 5. The van der Waals surface area contributed by atoms with Gasteiger partial charge in [-0.1, -0.05) is 6.07 Å². The number of hydrogen-bond donors (Lipinski definition) is 2. The highest BCUT2D eigenvalue weighted by Gasteiger charge is 2.22. The molecule has 1 unspecified atom stereocenters. The van der Waals surface area contributed by atoms with Gasteiger partial charge in [-0.15, -0.1) is 0 Å². The van der Waals surface area contributed by atoms with Gasteiger partial charge < -0.3 is 5.32 Å². The molecule has 0 saturated carbocycles.